The number of carboxylic acids is 2. The number of hydrogen-bond acceptors (Lipinski definition) is 6. The van der Waals surface area contributed by atoms with Crippen molar-refractivity contribution >= 4 is 29.1 Å². The Balaban J connectivity index is 1.60. The van der Waals surface area contributed by atoms with Gasteiger partial charge in [0.25, 0.3) is 5.56 Å². The molecular weight excluding hydrogens is 342 g/mol. The fraction of sp³-hybridized carbons (Fsp3) is 0.562. The Bertz CT molecular complexity index is 950. The molecule has 0 spiro atoms. The van der Waals surface area contributed by atoms with Crippen LogP contribution in [0.1, 0.15) is 38.1 Å². The van der Waals surface area contributed by atoms with E-state index in [1.807, 2.05) is 4.57 Å². The van der Waals surface area contributed by atoms with E-state index in [0.29, 0.717) is 31.3 Å². The molecule has 0 saturated heterocycles. The summed E-state index contributed by atoms with van der Waals surface area (Å²) in [5, 5.41) is 18.7. The molecule has 5 N–H and O–H groups in total. The molecule has 2 aromatic rings. The second kappa shape index (κ2) is 5.55. The third-order valence-corrected chi connectivity index (χ3v) is 5.91. The lowest BCUT2D eigenvalue weighted by molar-refractivity contribution is -0.155. The van der Waals surface area contributed by atoms with Gasteiger partial charge >= 0.3 is 11.9 Å². The number of nitrogens with one attached hydrogen (secondary N) is 1. The average Bonchev–Trinajstić information content (AvgIpc) is 3.17. The van der Waals surface area contributed by atoms with E-state index in [0.717, 1.165) is 0 Å². The third-order valence-electron chi connectivity index (χ3n) is 5.91. The molecule has 2 fully saturated rings. The Morgan fingerprint density at radius 1 is 1.31 bits per heavy atom. The number of carbonyl (C=O) groups is 2. The highest BCUT2D eigenvalue weighted by atomic mass is 16.4. The van der Waals surface area contributed by atoms with Crippen LogP contribution in [0.2, 0.25) is 0 Å². The van der Waals surface area contributed by atoms with E-state index >= 15 is 0 Å². The molecule has 2 unspecified atom stereocenters. The molecule has 2 aromatic heterocycles. The topological polar surface area (TPSA) is 164 Å². The zero-order valence-electron chi connectivity index (χ0n) is 13.9. The predicted octanol–water partition coefficient (Wildman–Crippen LogP) is 0.609. The maximum atomic E-state index is 11.9. The highest BCUT2D eigenvalue weighted by Crippen LogP contribution is 2.57. The van der Waals surface area contributed by atoms with Gasteiger partial charge in [-0.25, -0.2) is 4.98 Å². The number of aromatic nitrogens is 4. The van der Waals surface area contributed by atoms with Crippen LogP contribution in [0.3, 0.4) is 0 Å². The lowest BCUT2D eigenvalue weighted by Crippen LogP contribution is -2.32. The lowest BCUT2D eigenvalue weighted by atomic mass is 9.80. The molecule has 0 amide bonds. The molecular formula is C16H19N5O5. The van der Waals surface area contributed by atoms with Gasteiger partial charge in [-0.3, -0.25) is 19.4 Å². The fourth-order valence-corrected chi connectivity index (χ4v) is 4.89. The molecule has 2 heterocycles. The molecule has 0 bridgehead atoms. The number of nitrogens with two attached hydrogens (primary N) is 1. The summed E-state index contributed by atoms with van der Waals surface area (Å²) in [7, 11) is 0. The van der Waals surface area contributed by atoms with Gasteiger partial charge < -0.3 is 20.5 Å². The number of anilines is 1. The van der Waals surface area contributed by atoms with Gasteiger partial charge in [-0.05, 0) is 37.5 Å². The smallest absolute Gasteiger partial charge is 0.310 e. The van der Waals surface area contributed by atoms with Gasteiger partial charge in [0.2, 0.25) is 5.95 Å². The van der Waals surface area contributed by atoms with Crippen molar-refractivity contribution in [1.82, 2.24) is 19.5 Å². The van der Waals surface area contributed by atoms with Crippen molar-refractivity contribution in [2.75, 3.05) is 5.73 Å². The number of carboxylic acid groups (broad SMARTS) is 2. The van der Waals surface area contributed by atoms with Crippen LogP contribution in [-0.2, 0) is 9.59 Å². The van der Waals surface area contributed by atoms with Crippen molar-refractivity contribution in [3.63, 3.8) is 0 Å². The molecule has 26 heavy (non-hydrogen) atoms. The first-order valence-electron chi connectivity index (χ1n) is 8.46. The Morgan fingerprint density at radius 2 is 1.96 bits per heavy atom. The van der Waals surface area contributed by atoms with Crippen LogP contribution in [-0.4, -0.2) is 41.7 Å². The van der Waals surface area contributed by atoms with Crippen LogP contribution < -0.4 is 11.3 Å². The molecule has 0 radical (unpaired) electrons. The number of aromatic amines is 1. The molecule has 2 aliphatic carbocycles. The van der Waals surface area contributed by atoms with Crippen molar-refractivity contribution < 1.29 is 19.8 Å². The van der Waals surface area contributed by atoms with E-state index in [-0.39, 0.29) is 35.8 Å². The van der Waals surface area contributed by atoms with Crippen LogP contribution in [0.4, 0.5) is 5.95 Å². The first-order chi connectivity index (χ1) is 12.3. The standard InChI is InChI=1S/C16H19N5O5/c17-15-19-12-11(13(24)20-15)18-6-21(12)9-1-7-3-16(14(25)26,5-10(22)23)4-8(7)2-9/h6-9H,1-5H2,(H,22,23)(H,25,26)(H3,17,19,20,24)/t7-,8+,9?,16?. The van der Waals surface area contributed by atoms with E-state index in [1.54, 1.807) is 6.33 Å². The molecule has 10 heteroatoms. The van der Waals surface area contributed by atoms with Crippen LogP contribution in [0.5, 0.6) is 0 Å². The normalized spacial score (nSPS) is 30.5. The number of imidazole rings is 1. The Labute approximate surface area is 147 Å². The molecule has 2 aliphatic rings. The van der Waals surface area contributed by atoms with Gasteiger partial charge in [0, 0.05) is 6.04 Å². The van der Waals surface area contributed by atoms with Crippen molar-refractivity contribution in [2.45, 2.75) is 38.1 Å². The SMILES string of the molecule is Nc1nc2c(ncn2C2C[C@@H]3CC(CC(=O)O)(C(=O)O)C[C@@H]3C2)c(=O)[nH]1. The van der Waals surface area contributed by atoms with Gasteiger partial charge in [-0.2, -0.15) is 4.98 Å². The van der Waals surface area contributed by atoms with E-state index in [9.17, 15) is 19.5 Å². The maximum absolute atomic E-state index is 11.9. The second-order valence-electron chi connectivity index (χ2n) is 7.48. The summed E-state index contributed by atoms with van der Waals surface area (Å²) < 4.78 is 1.83. The maximum Gasteiger partial charge on any atom is 0.310 e. The molecule has 0 aromatic carbocycles. The van der Waals surface area contributed by atoms with Crippen LogP contribution >= 0.6 is 0 Å². The summed E-state index contributed by atoms with van der Waals surface area (Å²) >= 11 is 0. The zero-order chi connectivity index (χ0) is 18.6. The summed E-state index contributed by atoms with van der Waals surface area (Å²) in [6.07, 6.45) is 3.36. The first-order valence-corrected chi connectivity index (χ1v) is 8.46. The Morgan fingerprint density at radius 3 is 2.54 bits per heavy atom. The molecule has 138 valence electrons. The number of rotatable bonds is 4. The van der Waals surface area contributed by atoms with Gasteiger partial charge in [-0.1, -0.05) is 0 Å². The predicted molar refractivity (Wildman–Crippen MR) is 89.4 cm³/mol. The quantitative estimate of drug-likeness (QED) is 0.615. The van der Waals surface area contributed by atoms with E-state index in [2.05, 4.69) is 15.0 Å². The third kappa shape index (κ3) is 2.44. The number of H-pyrrole nitrogens is 1. The largest absolute Gasteiger partial charge is 0.481 e. The number of hydrogen-bond donors (Lipinski definition) is 4. The fourth-order valence-electron chi connectivity index (χ4n) is 4.89. The average molecular weight is 361 g/mol. The monoisotopic (exact) mass is 361 g/mol. The van der Waals surface area contributed by atoms with Gasteiger partial charge in [0.1, 0.15) is 0 Å². The first kappa shape index (κ1) is 16.6. The minimum Gasteiger partial charge on any atom is -0.481 e. The number of aliphatic carboxylic acids is 2. The van der Waals surface area contributed by atoms with E-state index < -0.39 is 22.9 Å². The number of fused-ring (bicyclic) bond motifs is 2. The molecule has 10 nitrogen and oxygen atoms in total. The van der Waals surface area contributed by atoms with E-state index in [1.165, 1.54) is 0 Å². The molecule has 4 atom stereocenters. The van der Waals surface area contributed by atoms with Crippen molar-refractivity contribution in [1.29, 1.82) is 0 Å². The zero-order valence-corrected chi connectivity index (χ0v) is 13.9. The summed E-state index contributed by atoms with van der Waals surface area (Å²) in [5.74, 6) is -1.82. The lowest BCUT2D eigenvalue weighted by Gasteiger charge is -2.24. The highest BCUT2D eigenvalue weighted by Gasteiger charge is 2.54. The van der Waals surface area contributed by atoms with Crippen molar-refractivity contribution in [2.24, 2.45) is 17.3 Å². The van der Waals surface area contributed by atoms with Crippen molar-refractivity contribution in [3.8, 4) is 0 Å². The minimum absolute atomic E-state index is 0.0220. The van der Waals surface area contributed by atoms with Gasteiger partial charge in [-0.15, -0.1) is 0 Å². The summed E-state index contributed by atoms with van der Waals surface area (Å²) in [6.45, 7) is 0. The van der Waals surface area contributed by atoms with Crippen LogP contribution in [0.15, 0.2) is 11.1 Å². The molecule has 0 aliphatic heterocycles. The molecule has 4 rings (SSSR count). The Hall–Kier alpha value is -2.91. The van der Waals surface area contributed by atoms with E-state index in [4.69, 9.17) is 10.8 Å². The van der Waals surface area contributed by atoms with Gasteiger partial charge in [0.05, 0.1) is 18.2 Å². The second-order valence-corrected chi connectivity index (χ2v) is 7.48. The number of nitrogen functional groups attached to an aromatic ring is 1. The summed E-state index contributed by atoms with van der Waals surface area (Å²) in [5.41, 5.74) is 4.71. The van der Waals surface area contributed by atoms with Crippen molar-refractivity contribution in [3.05, 3.63) is 16.7 Å². The molecule has 2 saturated carbocycles. The van der Waals surface area contributed by atoms with Crippen LogP contribution in [0.25, 0.3) is 11.2 Å². The number of nitrogens with zero attached hydrogens (tertiary/aromatic N) is 3. The summed E-state index contributed by atoms with van der Waals surface area (Å²) in [6, 6.07) is 0.0420. The minimum atomic E-state index is -1.18. The Kier molecular flexibility index (Phi) is 3.53. The van der Waals surface area contributed by atoms with Crippen LogP contribution in [0, 0.1) is 17.3 Å². The van der Waals surface area contributed by atoms with Gasteiger partial charge in [0.15, 0.2) is 11.2 Å². The summed E-state index contributed by atoms with van der Waals surface area (Å²) in [4.78, 5) is 45.5. The highest BCUT2D eigenvalue weighted by molar-refractivity contribution is 5.82.